The van der Waals surface area contributed by atoms with Gasteiger partial charge in [-0.2, -0.15) is 0 Å². The van der Waals surface area contributed by atoms with E-state index in [2.05, 4.69) is 15.5 Å². The fourth-order valence-corrected chi connectivity index (χ4v) is 1.58. The number of nitro benzene ring substituents is 1. The minimum absolute atomic E-state index is 0.164. The molecule has 8 heteroatoms. The molecule has 7 nitrogen and oxygen atoms in total. The van der Waals surface area contributed by atoms with Crippen LogP contribution in [0, 0.1) is 15.9 Å². The van der Waals surface area contributed by atoms with Gasteiger partial charge in [-0.05, 0) is 6.07 Å². The van der Waals surface area contributed by atoms with Gasteiger partial charge in [0.25, 0.3) is 5.69 Å². The van der Waals surface area contributed by atoms with Crippen molar-refractivity contribution in [3.8, 4) is 11.4 Å². The zero-order valence-electron chi connectivity index (χ0n) is 9.72. The SMILES string of the molecule is CNc1nnc(-c2ccc([N+](=O)[O-])cc2F)n1C. The minimum Gasteiger partial charge on any atom is -0.357 e. The molecule has 0 radical (unpaired) electrons. The van der Waals surface area contributed by atoms with E-state index in [0.717, 1.165) is 6.07 Å². The lowest BCUT2D eigenvalue weighted by Crippen LogP contribution is -2.01. The first kappa shape index (κ1) is 12.0. The van der Waals surface area contributed by atoms with Gasteiger partial charge < -0.3 is 5.32 Å². The molecule has 1 aromatic heterocycles. The Bertz CT molecular complexity index is 610. The Labute approximate surface area is 101 Å². The third-order valence-electron chi connectivity index (χ3n) is 2.50. The second-order valence-corrected chi connectivity index (χ2v) is 3.58. The number of non-ortho nitro benzene ring substituents is 1. The van der Waals surface area contributed by atoms with Crippen LogP contribution in [-0.2, 0) is 7.05 Å². The molecule has 1 N–H and O–H groups in total. The van der Waals surface area contributed by atoms with Crippen molar-refractivity contribution >= 4 is 11.6 Å². The van der Waals surface area contributed by atoms with Gasteiger partial charge in [0.1, 0.15) is 5.82 Å². The van der Waals surface area contributed by atoms with E-state index in [0.29, 0.717) is 11.8 Å². The van der Waals surface area contributed by atoms with E-state index in [1.54, 1.807) is 18.7 Å². The van der Waals surface area contributed by atoms with Crippen LogP contribution in [0.25, 0.3) is 11.4 Å². The predicted molar refractivity (Wildman–Crippen MR) is 62.6 cm³/mol. The summed E-state index contributed by atoms with van der Waals surface area (Å²) in [5, 5.41) is 21.0. The summed E-state index contributed by atoms with van der Waals surface area (Å²) >= 11 is 0. The number of aromatic nitrogens is 3. The normalized spacial score (nSPS) is 10.4. The molecule has 2 aromatic rings. The molecule has 0 fully saturated rings. The number of nitrogens with one attached hydrogen (secondary N) is 1. The molecule has 0 saturated carbocycles. The lowest BCUT2D eigenvalue weighted by molar-refractivity contribution is -0.385. The number of nitrogens with zero attached hydrogens (tertiary/aromatic N) is 4. The monoisotopic (exact) mass is 251 g/mol. The quantitative estimate of drug-likeness (QED) is 0.661. The number of rotatable bonds is 3. The van der Waals surface area contributed by atoms with Crippen LogP contribution in [0.15, 0.2) is 18.2 Å². The highest BCUT2D eigenvalue weighted by atomic mass is 19.1. The van der Waals surface area contributed by atoms with Crippen molar-refractivity contribution in [1.82, 2.24) is 14.8 Å². The average Bonchev–Trinajstić information content (AvgIpc) is 2.70. The molecule has 0 spiro atoms. The number of halogens is 1. The molecule has 0 bridgehead atoms. The predicted octanol–water partition coefficient (Wildman–Crippen LogP) is 1.57. The van der Waals surface area contributed by atoms with Crippen molar-refractivity contribution in [3.63, 3.8) is 0 Å². The Morgan fingerprint density at radius 2 is 2.17 bits per heavy atom. The third-order valence-corrected chi connectivity index (χ3v) is 2.50. The van der Waals surface area contributed by atoms with Gasteiger partial charge in [-0.15, -0.1) is 10.2 Å². The maximum atomic E-state index is 13.8. The van der Waals surface area contributed by atoms with Gasteiger partial charge in [0, 0.05) is 20.2 Å². The summed E-state index contributed by atoms with van der Waals surface area (Å²) in [6.45, 7) is 0. The fourth-order valence-electron chi connectivity index (χ4n) is 1.58. The molecule has 0 amide bonds. The summed E-state index contributed by atoms with van der Waals surface area (Å²) in [5.41, 5.74) is -0.135. The summed E-state index contributed by atoms with van der Waals surface area (Å²) in [4.78, 5) is 9.86. The summed E-state index contributed by atoms with van der Waals surface area (Å²) in [6, 6.07) is 3.41. The van der Waals surface area contributed by atoms with E-state index in [1.165, 1.54) is 12.1 Å². The van der Waals surface area contributed by atoms with Gasteiger partial charge in [-0.3, -0.25) is 14.7 Å². The van der Waals surface area contributed by atoms with Crippen LogP contribution < -0.4 is 5.32 Å². The molecule has 0 aliphatic carbocycles. The van der Waals surface area contributed by atoms with Crippen LogP contribution in [0.2, 0.25) is 0 Å². The van der Waals surface area contributed by atoms with E-state index in [9.17, 15) is 14.5 Å². The molecule has 2 rings (SSSR count). The van der Waals surface area contributed by atoms with E-state index >= 15 is 0 Å². The van der Waals surface area contributed by atoms with E-state index in [1.807, 2.05) is 0 Å². The van der Waals surface area contributed by atoms with Crippen LogP contribution in [0.4, 0.5) is 16.0 Å². The first-order valence-corrected chi connectivity index (χ1v) is 5.06. The lowest BCUT2D eigenvalue weighted by atomic mass is 10.2. The molecule has 94 valence electrons. The zero-order valence-corrected chi connectivity index (χ0v) is 9.72. The van der Waals surface area contributed by atoms with Crippen LogP contribution in [0.3, 0.4) is 0 Å². The fraction of sp³-hybridized carbons (Fsp3) is 0.200. The first-order chi connectivity index (χ1) is 8.54. The van der Waals surface area contributed by atoms with Crippen LogP contribution in [-0.4, -0.2) is 26.7 Å². The van der Waals surface area contributed by atoms with Crippen LogP contribution in [0.1, 0.15) is 0 Å². The zero-order chi connectivity index (χ0) is 13.3. The van der Waals surface area contributed by atoms with Gasteiger partial charge in [-0.25, -0.2) is 4.39 Å². The number of hydrogen-bond donors (Lipinski definition) is 1. The van der Waals surface area contributed by atoms with Crippen molar-refractivity contribution in [1.29, 1.82) is 0 Å². The smallest absolute Gasteiger partial charge is 0.272 e. The molecular weight excluding hydrogens is 241 g/mol. The van der Waals surface area contributed by atoms with E-state index in [-0.39, 0.29) is 11.3 Å². The van der Waals surface area contributed by atoms with Gasteiger partial charge in [-0.1, -0.05) is 0 Å². The molecule has 1 aromatic carbocycles. The molecule has 0 unspecified atom stereocenters. The molecular formula is C10H10FN5O2. The highest BCUT2D eigenvalue weighted by molar-refractivity contribution is 5.60. The molecule has 0 aliphatic rings. The van der Waals surface area contributed by atoms with E-state index in [4.69, 9.17) is 0 Å². The Morgan fingerprint density at radius 1 is 1.44 bits per heavy atom. The highest BCUT2D eigenvalue weighted by Crippen LogP contribution is 2.25. The summed E-state index contributed by atoms with van der Waals surface area (Å²) in [6.07, 6.45) is 0. The summed E-state index contributed by atoms with van der Waals surface area (Å²) in [7, 11) is 3.34. The highest BCUT2D eigenvalue weighted by Gasteiger charge is 2.16. The maximum absolute atomic E-state index is 13.8. The third kappa shape index (κ3) is 1.88. The number of anilines is 1. The molecule has 0 aliphatic heterocycles. The Morgan fingerprint density at radius 3 is 2.67 bits per heavy atom. The van der Waals surface area contributed by atoms with Crippen molar-refractivity contribution in [2.75, 3.05) is 12.4 Å². The second kappa shape index (κ2) is 4.40. The first-order valence-electron chi connectivity index (χ1n) is 5.06. The number of benzene rings is 1. The van der Waals surface area contributed by atoms with Crippen LogP contribution in [0.5, 0.6) is 0 Å². The minimum atomic E-state index is -0.706. The van der Waals surface area contributed by atoms with Gasteiger partial charge >= 0.3 is 0 Å². The standard InChI is InChI=1S/C10H10FN5O2/c1-12-10-14-13-9(15(10)2)7-4-3-6(16(17)18)5-8(7)11/h3-5H,1-2H3,(H,12,14). The second-order valence-electron chi connectivity index (χ2n) is 3.58. The van der Waals surface area contributed by atoms with Gasteiger partial charge in [0.2, 0.25) is 5.95 Å². The van der Waals surface area contributed by atoms with Gasteiger partial charge in [0.15, 0.2) is 5.82 Å². The lowest BCUT2D eigenvalue weighted by Gasteiger charge is -2.04. The summed E-state index contributed by atoms with van der Waals surface area (Å²) in [5.74, 6) is 0.0665. The van der Waals surface area contributed by atoms with E-state index < -0.39 is 10.7 Å². The molecule has 0 saturated heterocycles. The Balaban J connectivity index is 2.51. The Kier molecular flexibility index (Phi) is 2.92. The molecule has 18 heavy (non-hydrogen) atoms. The largest absolute Gasteiger partial charge is 0.357 e. The van der Waals surface area contributed by atoms with Crippen molar-refractivity contribution in [2.45, 2.75) is 0 Å². The molecule has 1 heterocycles. The van der Waals surface area contributed by atoms with Crippen molar-refractivity contribution in [3.05, 3.63) is 34.1 Å². The number of hydrogen-bond acceptors (Lipinski definition) is 5. The summed E-state index contributed by atoms with van der Waals surface area (Å²) < 4.78 is 15.3. The van der Waals surface area contributed by atoms with Crippen LogP contribution >= 0.6 is 0 Å². The maximum Gasteiger partial charge on any atom is 0.272 e. The van der Waals surface area contributed by atoms with Crippen molar-refractivity contribution < 1.29 is 9.31 Å². The van der Waals surface area contributed by atoms with Gasteiger partial charge in [0.05, 0.1) is 16.6 Å². The average molecular weight is 251 g/mol. The van der Waals surface area contributed by atoms with Crippen molar-refractivity contribution in [2.24, 2.45) is 7.05 Å². The number of nitro groups is 1. The topological polar surface area (TPSA) is 85.9 Å². The molecule has 0 atom stereocenters. The Hall–Kier alpha value is -2.51.